The summed E-state index contributed by atoms with van der Waals surface area (Å²) >= 11 is 0. The van der Waals surface area contributed by atoms with Gasteiger partial charge < -0.3 is 15.2 Å². The van der Waals surface area contributed by atoms with Crippen LogP contribution in [0.4, 0.5) is 0 Å². The van der Waals surface area contributed by atoms with Crippen molar-refractivity contribution in [2.24, 2.45) is 0 Å². The molecule has 1 atom stereocenters. The van der Waals surface area contributed by atoms with E-state index in [1.165, 1.54) is 6.07 Å². The zero-order valence-corrected chi connectivity index (χ0v) is 17.2. The summed E-state index contributed by atoms with van der Waals surface area (Å²) in [6.45, 7) is 0.263. The molecule has 1 fully saturated rings. The quantitative estimate of drug-likeness (QED) is 0.341. The summed E-state index contributed by atoms with van der Waals surface area (Å²) in [5.74, 6) is -3.41. The molecule has 5 amide bonds. The zero-order valence-electron chi connectivity index (χ0n) is 17.2. The van der Waals surface area contributed by atoms with Crippen molar-refractivity contribution < 1.29 is 38.6 Å². The maximum atomic E-state index is 12.9. The molecule has 170 valence electrons. The molecule has 0 aromatic heterocycles. The average Bonchev–Trinajstić information content (AvgIpc) is 2.99. The van der Waals surface area contributed by atoms with Crippen LogP contribution < -0.4 is 15.4 Å². The summed E-state index contributed by atoms with van der Waals surface area (Å²) < 4.78 is 5.68. The fraction of sp³-hybridized carbons (Fsp3) is 0.429. The first-order valence-corrected chi connectivity index (χ1v) is 10.3. The van der Waals surface area contributed by atoms with E-state index < -0.39 is 35.6 Å². The molecule has 3 rings (SSSR count). The maximum Gasteiger partial charge on any atom is 0.305 e. The predicted octanol–water partition coefficient (Wildman–Crippen LogP) is 0.228. The molecular weight excluding hydrogens is 422 g/mol. The lowest BCUT2D eigenvalue weighted by atomic mass is 10.0. The van der Waals surface area contributed by atoms with E-state index >= 15 is 0 Å². The Kier molecular flexibility index (Phi) is 7.18. The van der Waals surface area contributed by atoms with Crippen molar-refractivity contribution in [1.82, 2.24) is 15.5 Å². The van der Waals surface area contributed by atoms with Gasteiger partial charge >= 0.3 is 5.97 Å². The van der Waals surface area contributed by atoms with Gasteiger partial charge in [-0.1, -0.05) is 6.07 Å². The van der Waals surface area contributed by atoms with Gasteiger partial charge in [-0.2, -0.15) is 0 Å². The van der Waals surface area contributed by atoms with Gasteiger partial charge in [0.15, 0.2) is 0 Å². The van der Waals surface area contributed by atoms with Crippen molar-refractivity contribution in [2.75, 3.05) is 13.2 Å². The van der Waals surface area contributed by atoms with Gasteiger partial charge in [-0.25, -0.2) is 0 Å². The van der Waals surface area contributed by atoms with Gasteiger partial charge in [0.2, 0.25) is 17.7 Å². The van der Waals surface area contributed by atoms with E-state index in [4.69, 9.17) is 9.84 Å². The Balaban J connectivity index is 1.55. The monoisotopic (exact) mass is 445 g/mol. The molecule has 11 heteroatoms. The molecule has 2 aliphatic heterocycles. The summed E-state index contributed by atoms with van der Waals surface area (Å²) in [5, 5.41) is 13.2. The second kappa shape index (κ2) is 10.0. The first kappa shape index (κ1) is 22.9. The molecule has 0 spiro atoms. The number of ether oxygens (including phenoxy) is 1. The molecule has 1 saturated heterocycles. The van der Waals surface area contributed by atoms with E-state index in [0.717, 1.165) is 4.90 Å². The number of fused-ring (bicyclic) bond motifs is 1. The standard InChI is InChI=1S/C21H23N3O8/c25-15(22-10-9-17(27)28)6-1-2-11-32-14-5-3-4-12-18(14)21(31)24(20(12)30)13-7-8-16(26)23-19(13)29/h3-5,13H,1-2,6-11H2,(H,22,25)(H,27,28)(H,23,26,29). The first-order chi connectivity index (χ1) is 15.3. The van der Waals surface area contributed by atoms with Crippen molar-refractivity contribution in [1.29, 1.82) is 0 Å². The van der Waals surface area contributed by atoms with Gasteiger partial charge in [-0.05, 0) is 31.4 Å². The molecule has 2 heterocycles. The SMILES string of the molecule is O=C(O)CCNC(=O)CCCCOc1cccc2c1C(=O)N(C1CCC(=O)NC1=O)C2=O. The second-order valence-electron chi connectivity index (χ2n) is 7.43. The zero-order chi connectivity index (χ0) is 23.3. The summed E-state index contributed by atoms with van der Waals surface area (Å²) in [7, 11) is 0. The van der Waals surface area contributed by atoms with Crippen LogP contribution in [-0.2, 0) is 19.2 Å². The number of carbonyl (C=O) groups is 6. The number of piperidine rings is 1. The highest BCUT2D eigenvalue weighted by molar-refractivity contribution is 6.24. The molecule has 0 aliphatic carbocycles. The van der Waals surface area contributed by atoms with Crippen LogP contribution in [0.25, 0.3) is 0 Å². The van der Waals surface area contributed by atoms with E-state index in [0.29, 0.717) is 12.8 Å². The number of nitrogens with one attached hydrogen (secondary N) is 2. The van der Waals surface area contributed by atoms with Crippen LogP contribution in [0.1, 0.15) is 59.2 Å². The van der Waals surface area contributed by atoms with Gasteiger partial charge in [0, 0.05) is 19.4 Å². The third kappa shape index (κ3) is 5.10. The second-order valence-corrected chi connectivity index (χ2v) is 7.43. The van der Waals surface area contributed by atoms with E-state index in [2.05, 4.69) is 10.6 Å². The molecule has 0 bridgehead atoms. The van der Waals surface area contributed by atoms with E-state index in [9.17, 15) is 28.8 Å². The van der Waals surface area contributed by atoms with Gasteiger partial charge in [0.1, 0.15) is 11.8 Å². The molecule has 3 N–H and O–H groups in total. The van der Waals surface area contributed by atoms with Crippen LogP contribution in [0.5, 0.6) is 5.75 Å². The van der Waals surface area contributed by atoms with Gasteiger partial charge in [-0.15, -0.1) is 0 Å². The number of imide groups is 2. The number of carbonyl (C=O) groups excluding carboxylic acids is 5. The molecule has 32 heavy (non-hydrogen) atoms. The minimum atomic E-state index is -1.05. The van der Waals surface area contributed by atoms with Crippen LogP contribution >= 0.6 is 0 Å². The fourth-order valence-electron chi connectivity index (χ4n) is 3.57. The number of carboxylic acids is 1. The molecular formula is C21H23N3O8. The molecule has 0 saturated carbocycles. The largest absolute Gasteiger partial charge is 0.493 e. The van der Waals surface area contributed by atoms with Crippen molar-refractivity contribution in [3.05, 3.63) is 29.3 Å². The molecule has 1 aromatic carbocycles. The average molecular weight is 445 g/mol. The Labute approximate surface area is 183 Å². The van der Waals surface area contributed by atoms with Crippen molar-refractivity contribution >= 4 is 35.5 Å². The number of hydrogen-bond acceptors (Lipinski definition) is 7. The molecule has 11 nitrogen and oxygen atoms in total. The van der Waals surface area contributed by atoms with Gasteiger partial charge in [0.25, 0.3) is 11.8 Å². The van der Waals surface area contributed by atoms with Crippen molar-refractivity contribution in [2.45, 2.75) is 44.6 Å². The number of unbranched alkanes of at least 4 members (excludes halogenated alkanes) is 1. The number of carboxylic acid groups (broad SMARTS) is 1. The summed E-state index contributed by atoms with van der Waals surface area (Å²) in [6, 6.07) is 3.56. The third-order valence-electron chi connectivity index (χ3n) is 5.15. The fourth-order valence-corrected chi connectivity index (χ4v) is 3.57. The van der Waals surface area contributed by atoms with E-state index in [1.807, 2.05) is 0 Å². The number of hydrogen-bond donors (Lipinski definition) is 3. The van der Waals surface area contributed by atoms with Crippen LogP contribution in [0.2, 0.25) is 0 Å². The Morgan fingerprint density at radius 2 is 1.91 bits per heavy atom. The molecule has 1 aromatic rings. The molecule has 1 unspecified atom stereocenters. The van der Waals surface area contributed by atoms with Crippen LogP contribution in [0, 0.1) is 0 Å². The van der Waals surface area contributed by atoms with Gasteiger partial charge in [-0.3, -0.25) is 39.0 Å². The highest BCUT2D eigenvalue weighted by Gasteiger charge is 2.45. The maximum absolute atomic E-state index is 12.9. The minimum Gasteiger partial charge on any atom is -0.493 e. The normalized spacial score (nSPS) is 17.8. The third-order valence-corrected chi connectivity index (χ3v) is 5.15. The Hall–Kier alpha value is -3.76. The lowest BCUT2D eigenvalue weighted by Gasteiger charge is -2.27. The summed E-state index contributed by atoms with van der Waals surface area (Å²) in [5.41, 5.74) is 0.212. The predicted molar refractivity (Wildman–Crippen MR) is 108 cm³/mol. The molecule has 0 radical (unpaired) electrons. The first-order valence-electron chi connectivity index (χ1n) is 10.3. The van der Waals surface area contributed by atoms with Crippen molar-refractivity contribution in [3.8, 4) is 5.75 Å². The van der Waals surface area contributed by atoms with Crippen molar-refractivity contribution in [3.63, 3.8) is 0 Å². The topological polar surface area (TPSA) is 159 Å². The lowest BCUT2D eigenvalue weighted by Crippen LogP contribution is -2.54. The number of nitrogens with zero attached hydrogens (tertiary/aromatic N) is 1. The highest BCUT2D eigenvalue weighted by atomic mass is 16.5. The van der Waals surface area contributed by atoms with E-state index in [1.54, 1.807) is 12.1 Å². The van der Waals surface area contributed by atoms with Crippen LogP contribution in [0.3, 0.4) is 0 Å². The Morgan fingerprint density at radius 3 is 2.62 bits per heavy atom. The number of aliphatic carboxylic acids is 1. The van der Waals surface area contributed by atoms with Crippen LogP contribution in [0.15, 0.2) is 18.2 Å². The number of amides is 5. The number of rotatable bonds is 10. The van der Waals surface area contributed by atoms with E-state index in [-0.39, 0.29) is 61.6 Å². The summed E-state index contributed by atoms with van der Waals surface area (Å²) in [6.07, 6.45) is 1.16. The molecule has 2 aliphatic rings. The lowest BCUT2D eigenvalue weighted by molar-refractivity contribution is -0.138. The summed E-state index contributed by atoms with van der Waals surface area (Å²) in [4.78, 5) is 72.2. The minimum absolute atomic E-state index is 0.0387. The Bertz CT molecular complexity index is 974. The number of benzene rings is 1. The van der Waals surface area contributed by atoms with Crippen LogP contribution in [-0.4, -0.2) is 64.7 Å². The smallest absolute Gasteiger partial charge is 0.305 e. The Morgan fingerprint density at radius 1 is 1.12 bits per heavy atom. The van der Waals surface area contributed by atoms with Gasteiger partial charge in [0.05, 0.1) is 24.2 Å². The highest BCUT2D eigenvalue weighted by Crippen LogP contribution is 2.33.